The molecule has 0 unspecified atom stereocenters. The fourth-order valence-corrected chi connectivity index (χ4v) is 6.11. The van der Waals surface area contributed by atoms with Crippen molar-refractivity contribution < 1.29 is 23.8 Å². The summed E-state index contributed by atoms with van der Waals surface area (Å²) in [6.45, 7) is 5.74. The maximum atomic E-state index is 15.5. The van der Waals surface area contributed by atoms with Gasteiger partial charge in [0, 0.05) is 42.7 Å². The number of alkyl halides is 1. The van der Waals surface area contributed by atoms with Gasteiger partial charge in [0.1, 0.15) is 5.67 Å². The standard InChI is InChI=1S/C27H31FN2O4/c1-17-24(26(2,3)28)22(12-14-31)34-27(17)20-15-19(29-13-11-23(29)32)9-10-21(20)30(25(27)33)16-18-7-5-4-6-8-18/h4-10,15,17,22,24,31H,11-14,16H2,1-3H3/t17-,22+,24-,27+/m1/s1. The number of benzene rings is 2. The Hall–Kier alpha value is -2.77. The Kier molecular flexibility index (Phi) is 5.52. The summed E-state index contributed by atoms with van der Waals surface area (Å²) in [5.74, 6) is -1.23. The molecule has 0 aromatic heterocycles. The molecule has 3 aliphatic rings. The van der Waals surface area contributed by atoms with Crippen LogP contribution in [0.25, 0.3) is 0 Å². The molecule has 5 rings (SSSR count). The van der Waals surface area contributed by atoms with Gasteiger partial charge in [0.15, 0.2) is 5.60 Å². The highest BCUT2D eigenvalue weighted by molar-refractivity contribution is 6.08. The van der Waals surface area contributed by atoms with Gasteiger partial charge in [0.2, 0.25) is 5.91 Å². The summed E-state index contributed by atoms with van der Waals surface area (Å²) < 4.78 is 22.0. The van der Waals surface area contributed by atoms with Gasteiger partial charge in [0.05, 0.1) is 18.3 Å². The van der Waals surface area contributed by atoms with Gasteiger partial charge in [-0.3, -0.25) is 9.59 Å². The van der Waals surface area contributed by atoms with Crippen LogP contribution in [0.2, 0.25) is 0 Å². The Bertz CT molecular complexity index is 1120. The SMILES string of the molecule is C[C@@H]1[C@@H](C(C)(C)F)[C@H](CCO)O[C@@]12C(=O)N(Cc1ccccc1)c1ccc(N3CCC3=O)cc12. The number of halogens is 1. The highest BCUT2D eigenvalue weighted by Gasteiger charge is 2.66. The molecule has 0 aliphatic carbocycles. The maximum Gasteiger partial charge on any atom is 0.264 e. The molecule has 34 heavy (non-hydrogen) atoms. The lowest BCUT2D eigenvalue weighted by Crippen LogP contribution is -2.46. The van der Waals surface area contributed by atoms with Crippen molar-refractivity contribution in [3.05, 3.63) is 59.7 Å². The number of hydrogen-bond donors (Lipinski definition) is 1. The van der Waals surface area contributed by atoms with E-state index in [4.69, 9.17) is 4.74 Å². The summed E-state index contributed by atoms with van der Waals surface area (Å²) >= 11 is 0. The third kappa shape index (κ3) is 3.36. The van der Waals surface area contributed by atoms with Crippen LogP contribution in [0, 0.1) is 11.8 Å². The first-order valence-electron chi connectivity index (χ1n) is 12.0. The molecule has 6 nitrogen and oxygen atoms in total. The lowest BCUT2D eigenvalue weighted by Gasteiger charge is -2.33. The van der Waals surface area contributed by atoms with E-state index in [1.165, 1.54) is 13.8 Å². The van der Waals surface area contributed by atoms with Crippen LogP contribution < -0.4 is 9.80 Å². The fourth-order valence-electron chi connectivity index (χ4n) is 6.11. The van der Waals surface area contributed by atoms with Gasteiger partial charge in [-0.05, 0) is 44.0 Å². The molecule has 2 saturated heterocycles. The van der Waals surface area contributed by atoms with E-state index in [0.717, 1.165) is 16.9 Å². The zero-order valence-electron chi connectivity index (χ0n) is 19.8. The minimum Gasteiger partial charge on any atom is -0.396 e. The predicted molar refractivity (Wildman–Crippen MR) is 127 cm³/mol. The van der Waals surface area contributed by atoms with Gasteiger partial charge in [-0.15, -0.1) is 0 Å². The van der Waals surface area contributed by atoms with Crippen LogP contribution in [0.1, 0.15) is 44.7 Å². The average molecular weight is 467 g/mol. The van der Waals surface area contributed by atoms with Crippen LogP contribution in [-0.2, 0) is 26.5 Å². The van der Waals surface area contributed by atoms with E-state index in [1.54, 1.807) is 9.80 Å². The van der Waals surface area contributed by atoms with Gasteiger partial charge in [-0.1, -0.05) is 37.3 Å². The zero-order chi connectivity index (χ0) is 24.3. The molecule has 2 aromatic carbocycles. The lowest BCUT2D eigenvalue weighted by molar-refractivity contribution is -0.146. The molecular formula is C27H31FN2O4. The van der Waals surface area contributed by atoms with Gasteiger partial charge < -0.3 is 19.6 Å². The Morgan fingerprint density at radius 3 is 2.50 bits per heavy atom. The number of anilines is 2. The van der Waals surface area contributed by atoms with Crippen LogP contribution in [0.5, 0.6) is 0 Å². The molecule has 1 spiro atoms. The number of nitrogens with zero attached hydrogens (tertiary/aromatic N) is 2. The number of fused-ring (bicyclic) bond motifs is 2. The number of ether oxygens (including phenoxy) is 1. The van der Waals surface area contributed by atoms with Gasteiger partial charge in [-0.2, -0.15) is 0 Å². The van der Waals surface area contributed by atoms with Crippen molar-refractivity contribution in [2.24, 2.45) is 11.8 Å². The van der Waals surface area contributed by atoms with Crippen LogP contribution in [0.15, 0.2) is 48.5 Å². The largest absolute Gasteiger partial charge is 0.396 e. The van der Waals surface area contributed by atoms with Crippen molar-refractivity contribution in [3.8, 4) is 0 Å². The van der Waals surface area contributed by atoms with Crippen LogP contribution in [0.3, 0.4) is 0 Å². The van der Waals surface area contributed by atoms with Gasteiger partial charge >= 0.3 is 0 Å². The summed E-state index contributed by atoms with van der Waals surface area (Å²) in [5.41, 5.74) is 0.107. The first kappa shape index (κ1) is 23.0. The number of β-lactam (4-membered cyclic amide) rings is 1. The average Bonchev–Trinajstić information content (AvgIpc) is 3.21. The monoisotopic (exact) mass is 466 g/mol. The topological polar surface area (TPSA) is 70.1 Å². The first-order chi connectivity index (χ1) is 16.2. The minimum absolute atomic E-state index is 0.0424. The van der Waals surface area contributed by atoms with Crippen molar-refractivity contribution >= 4 is 23.2 Å². The molecule has 2 aromatic rings. The van der Waals surface area contributed by atoms with Crippen LogP contribution in [0.4, 0.5) is 15.8 Å². The zero-order valence-corrected chi connectivity index (χ0v) is 19.8. The Balaban J connectivity index is 1.64. The number of carbonyl (C=O) groups is 2. The maximum absolute atomic E-state index is 15.5. The Morgan fingerprint density at radius 2 is 1.91 bits per heavy atom. The lowest BCUT2D eigenvalue weighted by atomic mass is 9.71. The number of rotatable bonds is 6. The van der Waals surface area contributed by atoms with Crippen LogP contribution in [-0.4, -0.2) is 41.8 Å². The van der Waals surface area contributed by atoms with Crippen LogP contribution >= 0.6 is 0 Å². The second-order valence-electron chi connectivity index (χ2n) is 10.2. The number of aliphatic hydroxyl groups excluding tert-OH is 1. The summed E-state index contributed by atoms with van der Waals surface area (Å²) in [6.07, 6.45) is 0.142. The molecule has 3 aliphatic heterocycles. The fraction of sp³-hybridized carbons (Fsp3) is 0.481. The quantitative estimate of drug-likeness (QED) is 0.655. The van der Waals surface area contributed by atoms with E-state index in [1.807, 2.05) is 55.5 Å². The van der Waals surface area contributed by atoms with E-state index in [0.29, 0.717) is 25.1 Å². The summed E-state index contributed by atoms with van der Waals surface area (Å²) in [4.78, 5) is 29.7. The number of aliphatic hydroxyl groups is 1. The van der Waals surface area contributed by atoms with Crippen molar-refractivity contribution in [2.45, 2.75) is 57.5 Å². The molecule has 7 heteroatoms. The molecule has 180 valence electrons. The molecule has 2 amide bonds. The van der Waals surface area contributed by atoms with Crippen molar-refractivity contribution in [1.82, 2.24) is 0 Å². The van der Waals surface area contributed by atoms with E-state index in [-0.39, 0.29) is 24.8 Å². The predicted octanol–water partition coefficient (Wildman–Crippen LogP) is 3.95. The van der Waals surface area contributed by atoms with E-state index < -0.39 is 29.2 Å². The molecule has 3 heterocycles. The highest BCUT2D eigenvalue weighted by Crippen LogP contribution is 2.59. The number of carbonyl (C=O) groups excluding carboxylic acids is 2. The highest BCUT2D eigenvalue weighted by atomic mass is 19.1. The van der Waals surface area contributed by atoms with Gasteiger partial charge in [0.25, 0.3) is 5.91 Å². The second-order valence-corrected chi connectivity index (χ2v) is 10.2. The van der Waals surface area contributed by atoms with Gasteiger partial charge in [-0.25, -0.2) is 4.39 Å². The second kappa shape index (κ2) is 8.17. The minimum atomic E-state index is -1.61. The van der Waals surface area contributed by atoms with Crippen molar-refractivity contribution in [1.29, 1.82) is 0 Å². The summed E-state index contributed by atoms with van der Waals surface area (Å²) in [5, 5.41) is 9.68. The summed E-state index contributed by atoms with van der Waals surface area (Å²) in [6, 6.07) is 15.3. The smallest absolute Gasteiger partial charge is 0.264 e. The summed E-state index contributed by atoms with van der Waals surface area (Å²) in [7, 11) is 0. The molecule has 0 saturated carbocycles. The van der Waals surface area contributed by atoms with Crippen molar-refractivity contribution in [3.63, 3.8) is 0 Å². The molecule has 1 N–H and O–H groups in total. The Morgan fingerprint density at radius 1 is 1.18 bits per heavy atom. The van der Waals surface area contributed by atoms with E-state index in [2.05, 4.69) is 0 Å². The molecule has 0 bridgehead atoms. The third-order valence-corrected chi connectivity index (χ3v) is 7.70. The Labute approximate surface area is 199 Å². The molecule has 2 fully saturated rings. The van der Waals surface area contributed by atoms with Crippen molar-refractivity contribution in [2.75, 3.05) is 23.0 Å². The van der Waals surface area contributed by atoms with E-state index in [9.17, 15) is 14.7 Å². The number of hydrogen-bond acceptors (Lipinski definition) is 4. The first-order valence-corrected chi connectivity index (χ1v) is 12.0. The molecular weight excluding hydrogens is 435 g/mol. The molecule has 0 radical (unpaired) electrons. The number of amides is 2. The third-order valence-electron chi connectivity index (χ3n) is 7.70. The normalized spacial score (nSPS) is 28.6. The van der Waals surface area contributed by atoms with E-state index >= 15 is 4.39 Å². The molecule has 4 atom stereocenters.